The average Bonchev–Trinajstić information content (AvgIpc) is 2.35. The van der Waals surface area contributed by atoms with Crippen molar-refractivity contribution >= 4 is 18.3 Å². The lowest BCUT2D eigenvalue weighted by atomic mass is 9.77. The number of hydrogen-bond acceptors (Lipinski definition) is 2. The minimum absolute atomic E-state index is 0. The second kappa shape index (κ2) is 7.33. The molecule has 1 aliphatic heterocycles. The van der Waals surface area contributed by atoms with Gasteiger partial charge in [-0.15, -0.1) is 12.4 Å². The summed E-state index contributed by atoms with van der Waals surface area (Å²) in [4.78, 5) is 11.9. The first-order valence-corrected chi connectivity index (χ1v) is 6.97. The second-order valence-corrected chi connectivity index (χ2v) is 6.05. The number of carbonyl (C=O) groups is 1. The number of halogens is 4. The molecular weight excluding hydrogens is 317 g/mol. The van der Waals surface area contributed by atoms with Crippen LogP contribution >= 0.6 is 12.4 Å². The zero-order chi connectivity index (χ0) is 15.6. The van der Waals surface area contributed by atoms with Gasteiger partial charge in [-0.2, -0.15) is 0 Å². The van der Waals surface area contributed by atoms with Gasteiger partial charge in [0.25, 0.3) is 5.91 Å². The number of hydrogen-bond donors (Lipinski definition) is 2. The molecule has 1 unspecified atom stereocenters. The van der Waals surface area contributed by atoms with Gasteiger partial charge in [0.2, 0.25) is 0 Å². The Balaban J connectivity index is 0.00000242. The summed E-state index contributed by atoms with van der Waals surface area (Å²) in [6.07, 6.45) is 2.07. The maximum Gasteiger partial charge on any atom is 0.257 e. The molecule has 0 saturated carbocycles. The largest absolute Gasteiger partial charge is 0.350 e. The van der Waals surface area contributed by atoms with Gasteiger partial charge in [0.1, 0.15) is 23.0 Å². The molecule has 0 aliphatic carbocycles. The van der Waals surface area contributed by atoms with E-state index in [9.17, 15) is 18.0 Å². The predicted molar refractivity (Wildman–Crippen MR) is 80.7 cm³/mol. The van der Waals surface area contributed by atoms with Crippen LogP contribution in [0.1, 0.15) is 37.0 Å². The van der Waals surface area contributed by atoms with Gasteiger partial charge in [0.05, 0.1) is 0 Å². The monoisotopic (exact) mass is 336 g/mol. The fourth-order valence-corrected chi connectivity index (χ4v) is 2.66. The number of amides is 1. The van der Waals surface area contributed by atoms with Crippen molar-refractivity contribution in [2.45, 2.75) is 32.7 Å². The van der Waals surface area contributed by atoms with Gasteiger partial charge in [-0.05, 0) is 24.8 Å². The SMILES string of the molecule is CC1(C)CCCNC1CNC(=O)c1c(F)cc(F)cc1F.Cl. The first-order chi connectivity index (χ1) is 9.81. The lowest BCUT2D eigenvalue weighted by molar-refractivity contribution is 0.0920. The Labute approximate surface area is 134 Å². The van der Waals surface area contributed by atoms with Crippen molar-refractivity contribution < 1.29 is 18.0 Å². The Morgan fingerprint density at radius 1 is 1.32 bits per heavy atom. The summed E-state index contributed by atoms with van der Waals surface area (Å²) in [5.41, 5.74) is -0.754. The molecule has 2 rings (SSSR count). The van der Waals surface area contributed by atoms with Crippen LogP contribution in [0.15, 0.2) is 12.1 Å². The van der Waals surface area contributed by atoms with Crippen LogP contribution in [0, 0.1) is 22.9 Å². The number of nitrogens with one attached hydrogen (secondary N) is 2. The van der Waals surface area contributed by atoms with Crippen molar-refractivity contribution in [3.63, 3.8) is 0 Å². The van der Waals surface area contributed by atoms with Crippen LogP contribution in [-0.2, 0) is 0 Å². The lowest BCUT2D eigenvalue weighted by Crippen LogP contribution is -2.52. The Bertz CT molecular complexity index is 529. The molecule has 0 radical (unpaired) electrons. The quantitative estimate of drug-likeness (QED) is 0.891. The normalized spacial score (nSPS) is 20.1. The van der Waals surface area contributed by atoms with Gasteiger partial charge in [-0.3, -0.25) is 4.79 Å². The zero-order valence-electron chi connectivity index (χ0n) is 12.5. The number of piperidine rings is 1. The molecular formula is C15H20ClF3N2O. The summed E-state index contributed by atoms with van der Waals surface area (Å²) in [6.45, 7) is 5.27. The van der Waals surface area contributed by atoms with E-state index in [4.69, 9.17) is 0 Å². The van der Waals surface area contributed by atoms with Gasteiger partial charge in [-0.1, -0.05) is 13.8 Å². The molecule has 1 fully saturated rings. The van der Waals surface area contributed by atoms with E-state index in [0.29, 0.717) is 12.1 Å². The van der Waals surface area contributed by atoms with Crippen molar-refractivity contribution in [2.75, 3.05) is 13.1 Å². The molecule has 22 heavy (non-hydrogen) atoms. The van der Waals surface area contributed by atoms with Gasteiger partial charge in [-0.25, -0.2) is 13.2 Å². The summed E-state index contributed by atoms with van der Waals surface area (Å²) < 4.78 is 39.9. The van der Waals surface area contributed by atoms with Gasteiger partial charge >= 0.3 is 0 Å². The number of carbonyl (C=O) groups excluding carboxylic acids is 1. The van der Waals surface area contributed by atoms with Crippen molar-refractivity contribution in [2.24, 2.45) is 5.41 Å². The molecule has 124 valence electrons. The fourth-order valence-electron chi connectivity index (χ4n) is 2.66. The summed E-state index contributed by atoms with van der Waals surface area (Å²) in [5, 5.41) is 5.81. The van der Waals surface area contributed by atoms with E-state index >= 15 is 0 Å². The molecule has 1 heterocycles. The summed E-state index contributed by atoms with van der Waals surface area (Å²) in [5.74, 6) is -4.30. The summed E-state index contributed by atoms with van der Waals surface area (Å²) >= 11 is 0. The van der Waals surface area contributed by atoms with E-state index in [0.717, 1.165) is 19.4 Å². The van der Waals surface area contributed by atoms with E-state index in [1.807, 2.05) is 0 Å². The van der Waals surface area contributed by atoms with Crippen LogP contribution in [-0.4, -0.2) is 25.0 Å². The molecule has 1 amide bonds. The second-order valence-electron chi connectivity index (χ2n) is 6.05. The third kappa shape index (κ3) is 4.14. The van der Waals surface area contributed by atoms with E-state index < -0.39 is 28.9 Å². The molecule has 0 bridgehead atoms. The highest BCUT2D eigenvalue weighted by atomic mass is 35.5. The van der Waals surface area contributed by atoms with Gasteiger partial charge < -0.3 is 10.6 Å². The first kappa shape index (κ1) is 18.8. The molecule has 1 aromatic rings. The van der Waals surface area contributed by atoms with Crippen LogP contribution in [0.3, 0.4) is 0 Å². The molecule has 2 N–H and O–H groups in total. The van der Waals surface area contributed by atoms with Crippen LogP contribution in [0.5, 0.6) is 0 Å². The molecule has 0 aromatic heterocycles. The Hall–Kier alpha value is -1.27. The van der Waals surface area contributed by atoms with E-state index in [1.165, 1.54) is 0 Å². The molecule has 1 saturated heterocycles. The smallest absolute Gasteiger partial charge is 0.257 e. The Morgan fingerprint density at radius 2 is 1.91 bits per heavy atom. The third-order valence-electron chi connectivity index (χ3n) is 4.03. The van der Waals surface area contributed by atoms with Crippen LogP contribution < -0.4 is 10.6 Å². The fraction of sp³-hybridized carbons (Fsp3) is 0.533. The van der Waals surface area contributed by atoms with E-state index in [2.05, 4.69) is 24.5 Å². The van der Waals surface area contributed by atoms with Gasteiger partial charge in [0, 0.05) is 24.7 Å². The molecule has 1 atom stereocenters. The molecule has 1 aliphatic rings. The lowest BCUT2D eigenvalue weighted by Gasteiger charge is -2.39. The first-order valence-electron chi connectivity index (χ1n) is 6.97. The van der Waals surface area contributed by atoms with E-state index in [1.54, 1.807) is 0 Å². The van der Waals surface area contributed by atoms with Crippen molar-refractivity contribution in [3.05, 3.63) is 35.1 Å². The molecule has 1 aromatic carbocycles. The predicted octanol–water partition coefficient (Wildman–Crippen LogP) is 3.03. The van der Waals surface area contributed by atoms with Crippen molar-refractivity contribution in [1.82, 2.24) is 10.6 Å². The maximum atomic E-state index is 13.5. The topological polar surface area (TPSA) is 41.1 Å². The third-order valence-corrected chi connectivity index (χ3v) is 4.03. The Morgan fingerprint density at radius 3 is 2.45 bits per heavy atom. The Kier molecular flexibility index (Phi) is 6.26. The standard InChI is InChI=1S/C15H19F3N2O.ClH/c1-15(2)4-3-5-19-12(15)8-20-14(21)13-10(17)6-9(16)7-11(13)18;/h6-7,12,19H,3-5,8H2,1-2H3,(H,20,21);1H. The van der Waals surface area contributed by atoms with Crippen molar-refractivity contribution in [1.29, 1.82) is 0 Å². The van der Waals surface area contributed by atoms with Crippen molar-refractivity contribution in [3.8, 4) is 0 Å². The minimum Gasteiger partial charge on any atom is -0.350 e. The molecule has 3 nitrogen and oxygen atoms in total. The number of rotatable bonds is 3. The maximum absolute atomic E-state index is 13.5. The zero-order valence-corrected chi connectivity index (χ0v) is 13.3. The van der Waals surface area contributed by atoms with Crippen LogP contribution in [0.4, 0.5) is 13.2 Å². The van der Waals surface area contributed by atoms with Crippen LogP contribution in [0.25, 0.3) is 0 Å². The molecule has 7 heteroatoms. The minimum atomic E-state index is -1.19. The van der Waals surface area contributed by atoms with Crippen LogP contribution in [0.2, 0.25) is 0 Å². The summed E-state index contributed by atoms with van der Waals surface area (Å²) in [6, 6.07) is 1.03. The average molecular weight is 337 g/mol. The van der Waals surface area contributed by atoms with E-state index in [-0.39, 0.29) is 30.4 Å². The highest BCUT2D eigenvalue weighted by Crippen LogP contribution is 2.29. The molecule has 0 spiro atoms. The highest BCUT2D eigenvalue weighted by Gasteiger charge is 2.32. The van der Waals surface area contributed by atoms with Gasteiger partial charge in [0.15, 0.2) is 0 Å². The summed E-state index contributed by atoms with van der Waals surface area (Å²) in [7, 11) is 0. The highest BCUT2D eigenvalue weighted by molar-refractivity contribution is 5.94. The number of benzene rings is 1.